The smallest absolute Gasteiger partial charge is 0.419 e. The van der Waals surface area contributed by atoms with Crippen LogP contribution in [0.4, 0.5) is 46.1 Å². The Kier molecular flexibility index (Phi) is 11.3. The van der Waals surface area contributed by atoms with E-state index in [1.165, 1.54) is 43.3 Å². The lowest BCUT2D eigenvalue weighted by Crippen LogP contribution is -2.52. The molecule has 0 radical (unpaired) electrons. The monoisotopic (exact) mass is 802 g/mol. The lowest BCUT2D eigenvalue weighted by atomic mass is 10.0. The summed E-state index contributed by atoms with van der Waals surface area (Å²) in [5.74, 6) is -1.71. The fraction of sp³-hybridized carbons (Fsp3) is 0.341. The van der Waals surface area contributed by atoms with Crippen molar-refractivity contribution in [3.8, 4) is 5.75 Å². The number of imide groups is 1. The standard InChI is InChI=1S/C41H42F4N8O5/c1-46-38(55)27-6-4-5-7-31(27)48-33-19-36(47-20-29(33)41(43,44)45)49-32-9-8-26(17-35(32)58-3)52-14-12-25(13-15-52)51(2)21-24-16-23-22-53(40(57)28(23)18-30(24)42)34-10-11-37(54)50-39(34)56/h4-9,16-20,25,34H,10-15,21-22H2,1-3H3,(H,46,55)(H2,47,48,49)(H,50,54,56). The van der Waals surface area contributed by atoms with Crippen LogP contribution in [0.2, 0.25) is 0 Å². The third-order valence-electron chi connectivity index (χ3n) is 10.9. The van der Waals surface area contributed by atoms with Gasteiger partial charge in [-0.05, 0) is 68.3 Å². The summed E-state index contributed by atoms with van der Waals surface area (Å²) in [7, 11) is 4.87. The van der Waals surface area contributed by atoms with Crippen LogP contribution < -0.4 is 30.9 Å². The average molecular weight is 803 g/mol. The predicted molar refractivity (Wildman–Crippen MR) is 208 cm³/mol. The van der Waals surface area contributed by atoms with Gasteiger partial charge in [0.1, 0.15) is 23.4 Å². The molecule has 4 N–H and O–H groups in total. The van der Waals surface area contributed by atoms with Gasteiger partial charge >= 0.3 is 6.18 Å². The lowest BCUT2D eigenvalue weighted by molar-refractivity contribution is -0.138. The fourth-order valence-corrected chi connectivity index (χ4v) is 7.76. The molecule has 0 bridgehead atoms. The number of fused-ring (bicyclic) bond motifs is 1. The lowest BCUT2D eigenvalue weighted by Gasteiger charge is -2.38. The van der Waals surface area contributed by atoms with Gasteiger partial charge in [-0.2, -0.15) is 13.2 Å². The van der Waals surface area contributed by atoms with Crippen LogP contribution in [0.3, 0.4) is 0 Å². The van der Waals surface area contributed by atoms with E-state index in [0.717, 1.165) is 24.7 Å². The number of rotatable bonds is 11. The van der Waals surface area contributed by atoms with Crippen LogP contribution in [0.15, 0.2) is 66.9 Å². The topological polar surface area (TPSA) is 148 Å². The van der Waals surface area contributed by atoms with Crippen molar-refractivity contribution >= 4 is 52.2 Å². The van der Waals surface area contributed by atoms with Crippen LogP contribution in [-0.4, -0.2) is 84.8 Å². The first-order chi connectivity index (χ1) is 27.7. The number of amides is 4. The number of carbonyl (C=O) groups is 4. The largest absolute Gasteiger partial charge is 0.494 e. The maximum Gasteiger partial charge on any atom is 0.419 e. The highest BCUT2D eigenvalue weighted by atomic mass is 19.4. The van der Waals surface area contributed by atoms with Crippen molar-refractivity contribution in [2.45, 2.75) is 57.0 Å². The van der Waals surface area contributed by atoms with Crippen LogP contribution in [0.25, 0.3) is 0 Å². The Balaban J connectivity index is 0.993. The predicted octanol–water partition coefficient (Wildman–Crippen LogP) is 5.96. The Labute approximate surface area is 331 Å². The highest BCUT2D eigenvalue weighted by molar-refractivity contribution is 6.05. The molecular formula is C41H42F4N8O5. The molecule has 3 aliphatic rings. The van der Waals surface area contributed by atoms with Crippen molar-refractivity contribution in [1.29, 1.82) is 0 Å². The first-order valence-electron chi connectivity index (χ1n) is 18.8. The van der Waals surface area contributed by atoms with Gasteiger partial charge in [-0.1, -0.05) is 12.1 Å². The van der Waals surface area contributed by atoms with Gasteiger partial charge in [0.15, 0.2) is 0 Å². The van der Waals surface area contributed by atoms with Crippen molar-refractivity contribution < 1.29 is 41.5 Å². The Morgan fingerprint density at radius 3 is 2.45 bits per heavy atom. The zero-order chi connectivity index (χ0) is 41.3. The number of ether oxygens (including phenoxy) is 1. The molecule has 4 aromatic rings. The number of alkyl halides is 3. The van der Waals surface area contributed by atoms with Crippen LogP contribution in [0.5, 0.6) is 5.75 Å². The average Bonchev–Trinajstić information content (AvgIpc) is 3.51. The summed E-state index contributed by atoms with van der Waals surface area (Å²) in [5, 5.41) is 10.6. The van der Waals surface area contributed by atoms with Gasteiger partial charge in [-0.25, -0.2) is 9.37 Å². The quantitative estimate of drug-likeness (QED) is 0.106. The molecule has 0 saturated carbocycles. The number of methoxy groups -OCH3 is 1. The summed E-state index contributed by atoms with van der Waals surface area (Å²) in [6.07, 6.45) is -2.07. The number of benzene rings is 3. The van der Waals surface area contributed by atoms with E-state index in [1.54, 1.807) is 24.3 Å². The molecule has 2 fully saturated rings. The van der Waals surface area contributed by atoms with Crippen LogP contribution >= 0.6 is 0 Å². The number of para-hydroxylation sites is 1. The number of aromatic nitrogens is 1. The molecule has 0 spiro atoms. The highest BCUT2D eigenvalue weighted by Gasteiger charge is 2.40. The molecule has 13 nitrogen and oxygen atoms in total. The van der Waals surface area contributed by atoms with Gasteiger partial charge in [-0.15, -0.1) is 0 Å². The van der Waals surface area contributed by atoms with Crippen LogP contribution in [-0.2, 0) is 28.9 Å². The summed E-state index contributed by atoms with van der Waals surface area (Å²) in [6.45, 7) is 1.88. The molecule has 1 unspecified atom stereocenters. The second-order valence-electron chi connectivity index (χ2n) is 14.5. The Bertz CT molecular complexity index is 2260. The molecule has 4 amide bonds. The Hall–Kier alpha value is -6.23. The number of nitrogens with one attached hydrogen (secondary N) is 4. The third-order valence-corrected chi connectivity index (χ3v) is 10.9. The van der Waals surface area contributed by atoms with Gasteiger partial charge in [0.2, 0.25) is 11.8 Å². The molecule has 3 aliphatic heterocycles. The van der Waals surface area contributed by atoms with Crippen molar-refractivity contribution in [3.05, 3.63) is 100 Å². The van der Waals surface area contributed by atoms with E-state index in [2.05, 4.69) is 36.1 Å². The molecule has 4 heterocycles. The van der Waals surface area contributed by atoms with Crippen molar-refractivity contribution in [2.75, 3.05) is 49.8 Å². The molecule has 7 rings (SSSR count). The number of hydrogen-bond donors (Lipinski definition) is 4. The summed E-state index contributed by atoms with van der Waals surface area (Å²) in [4.78, 5) is 59.3. The molecule has 2 saturated heterocycles. The Morgan fingerprint density at radius 2 is 1.74 bits per heavy atom. The number of hydrogen-bond acceptors (Lipinski definition) is 10. The maximum atomic E-state index is 15.4. The minimum atomic E-state index is -4.72. The molecule has 3 aromatic carbocycles. The molecule has 17 heteroatoms. The van der Waals surface area contributed by atoms with Crippen molar-refractivity contribution in [3.63, 3.8) is 0 Å². The van der Waals surface area contributed by atoms with E-state index in [9.17, 15) is 32.3 Å². The normalized spacial score (nSPS) is 17.3. The number of carbonyl (C=O) groups excluding carboxylic acids is 4. The van der Waals surface area contributed by atoms with Crippen molar-refractivity contribution in [2.24, 2.45) is 0 Å². The summed E-state index contributed by atoms with van der Waals surface area (Å²) < 4.78 is 63.2. The molecule has 1 atom stereocenters. The fourth-order valence-electron chi connectivity index (χ4n) is 7.76. The molecule has 304 valence electrons. The zero-order valence-corrected chi connectivity index (χ0v) is 32.0. The first-order valence-corrected chi connectivity index (χ1v) is 18.8. The van der Waals surface area contributed by atoms with Gasteiger partial charge in [0, 0.05) is 80.8 Å². The summed E-state index contributed by atoms with van der Waals surface area (Å²) >= 11 is 0. The molecular weight excluding hydrogens is 760 g/mol. The van der Waals surface area contributed by atoms with E-state index in [-0.39, 0.29) is 59.7 Å². The van der Waals surface area contributed by atoms with E-state index < -0.39 is 41.3 Å². The number of nitrogens with zero attached hydrogens (tertiary/aromatic N) is 4. The van der Waals surface area contributed by atoms with Crippen LogP contribution in [0, 0.1) is 5.82 Å². The highest BCUT2D eigenvalue weighted by Crippen LogP contribution is 2.39. The van der Waals surface area contributed by atoms with E-state index >= 15 is 4.39 Å². The van der Waals surface area contributed by atoms with Crippen LogP contribution in [0.1, 0.15) is 63.1 Å². The first kappa shape index (κ1) is 40.0. The number of halogens is 4. The van der Waals surface area contributed by atoms with E-state index in [0.29, 0.717) is 42.2 Å². The van der Waals surface area contributed by atoms with E-state index in [4.69, 9.17) is 4.74 Å². The molecule has 0 aliphatic carbocycles. The zero-order valence-electron chi connectivity index (χ0n) is 32.0. The minimum Gasteiger partial charge on any atom is -0.494 e. The Morgan fingerprint density at radius 1 is 0.983 bits per heavy atom. The second kappa shape index (κ2) is 16.3. The summed E-state index contributed by atoms with van der Waals surface area (Å²) in [5.41, 5.74) is 1.75. The van der Waals surface area contributed by atoms with Gasteiger partial charge in [0.05, 0.1) is 35.3 Å². The number of anilines is 5. The summed E-state index contributed by atoms with van der Waals surface area (Å²) in [6, 6.07) is 15.3. The second-order valence-corrected chi connectivity index (χ2v) is 14.5. The minimum absolute atomic E-state index is 0.112. The number of pyridine rings is 1. The van der Waals surface area contributed by atoms with Crippen molar-refractivity contribution in [1.82, 2.24) is 25.4 Å². The maximum absolute atomic E-state index is 15.4. The SMILES string of the molecule is CNC(=O)c1ccccc1Nc1cc(Nc2ccc(N3CCC(N(C)Cc4cc5c(cc4F)C(=O)N(C4CCC(=O)NC4=O)C5)CC3)cc2OC)ncc1C(F)(F)F. The van der Waals surface area contributed by atoms with Gasteiger partial charge < -0.3 is 30.5 Å². The van der Waals surface area contributed by atoms with Gasteiger partial charge in [0.25, 0.3) is 11.8 Å². The molecule has 58 heavy (non-hydrogen) atoms. The molecule has 1 aromatic heterocycles. The van der Waals surface area contributed by atoms with Gasteiger partial charge in [-0.3, -0.25) is 29.4 Å². The third kappa shape index (κ3) is 8.25. The van der Waals surface area contributed by atoms with E-state index in [1.807, 2.05) is 19.2 Å². The number of piperidine rings is 2.